The molecule has 0 spiro atoms. The lowest BCUT2D eigenvalue weighted by Crippen LogP contribution is -2.42. The predicted molar refractivity (Wildman–Crippen MR) is 62.1 cm³/mol. The molecule has 0 saturated heterocycles. The summed E-state index contributed by atoms with van der Waals surface area (Å²) < 4.78 is 5.68. The average Bonchev–Trinajstić information content (AvgIpc) is 2.18. The Hall–Kier alpha value is -1.22. The highest BCUT2D eigenvalue weighted by atomic mass is 16.5. The summed E-state index contributed by atoms with van der Waals surface area (Å²) in [5.74, 6) is 0.941. The van der Waals surface area contributed by atoms with E-state index >= 15 is 0 Å². The van der Waals surface area contributed by atoms with Gasteiger partial charge >= 0.3 is 0 Å². The minimum atomic E-state index is 0.377. The normalized spacial score (nSPS) is 19.8. The molecule has 0 aliphatic carbocycles. The molecule has 3 nitrogen and oxygen atoms in total. The zero-order chi connectivity index (χ0) is 10.8. The fourth-order valence-electron chi connectivity index (χ4n) is 2.01. The van der Waals surface area contributed by atoms with Crippen molar-refractivity contribution in [3.8, 4) is 5.75 Å². The standard InChI is InChI=1S/C12H18N2O/c1-8(2)14-9-6-10-11(13)4-3-5-12(10)15-7-9/h3-5,8-9,14H,6-7,13H2,1-2H3. The summed E-state index contributed by atoms with van der Waals surface area (Å²) >= 11 is 0. The topological polar surface area (TPSA) is 47.3 Å². The summed E-state index contributed by atoms with van der Waals surface area (Å²) in [6, 6.07) is 6.70. The molecule has 3 N–H and O–H groups in total. The molecule has 0 bridgehead atoms. The van der Waals surface area contributed by atoms with E-state index in [4.69, 9.17) is 10.5 Å². The van der Waals surface area contributed by atoms with Crippen LogP contribution >= 0.6 is 0 Å². The average molecular weight is 206 g/mol. The fraction of sp³-hybridized carbons (Fsp3) is 0.500. The lowest BCUT2D eigenvalue weighted by atomic mass is 10.0. The van der Waals surface area contributed by atoms with E-state index in [0.717, 1.165) is 30.0 Å². The number of anilines is 1. The van der Waals surface area contributed by atoms with Gasteiger partial charge in [0.1, 0.15) is 12.4 Å². The lowest BCUT2D eigenvalue weighted by Gasteiger charge is -2.28. The van der Waals surface area contributed by atoms with Crippen LogP contribution in [0, 0.1) is 0 Å². The first kappa shape index (κ1) is 10.3. The predicted octanol–water partition coefficient (Wildman–Crippen LogP) is 1.57. The zero-order valence-corrected chi connectivity index (χ0v) is 9.29. The molecule has 2 rings (SSSR count). The summed E-state index contributed by atoms with van der Waals surface area (Å²) in [6.45, 7) is 5.02. The third kappa shape index (κ3) is 2.23. The van der Waals surface area contributed by atoms with Gasteiger partial charge < -0.3 is 15.8 Å². The Kier molecular flexibility index (Phi) is 2.82. The van der Waals surface area contributed by atoms with Gasteiger partial charge in [0.2, 0.25) is 0 Å². The van der Waals surface area contributed by atoms with Gasteiger partial charge in [-0.25, -0.2) is 0 Å². The third-order valence-electron chi connectivity index (χ3n) is 2.63. The van der Waals surface area contributed by atoms with Gasteiger partial charge in [0, 0.05) is 23.3 Å². The molecule has 82 valence electrons. The Balaban J connectivity index is 2.15. The van der Waals surface area contributed by atoms with Crippen molar-refractivity contribution < 1.29 is 4.74 Å². The highest BCUT2D eigenvalue weighted by Gasteiger charge is 2.21. The van der Waals surface area contributed by atoms with Gasteiger partial charge in [-0.15, -0.1) is 0 Å². The van der Waals surface area contributed by atoms with Crippen molar-refractivity contribution in [2.75, 3.05) is 12.3 Å². The molecule has 0 amide bonds. The molecule has 0 fully saturated rings. The second kappa shape index (κ2) is 4.11. The van der Waals surface area contributed by atoms with E-state index in [-0.39, 0.29) is 0 Å². The van der Waals surface area contributed by atoms with Crippen molar-refractivity contribution in [3.05, 3.63) is 23.8 Å². The van der Waals surface area contributed by atoms with Gasteiger partial charge in [-0.05, 0) is 18.6 Å². The largest absolute Gasteiger partial charge is 0.492 e. The molecule has 1 aromatic rings. The van der Waals surface area contributed by atoms with E-state index in [1.807, 2.05) is 18.2 Å². The first-order valence-electron chi connectivity index (χ1n) is 5.43. The summed E-state index contributed by atoms with van der Waals surface area (Å²) in [7, 11) is 0. The van der Waals surface area contributed by atoms with E-state index < -0.39 is 0 Å². The van der Waals surface area contributed by atoms with Crippen LogP contribution in [0.25, 0.3) is 0 Å². The second-order valence-electron chi connectivity index (χ2n) is 4.36. The molecule has 1 aromatic carbocycles. The molecule has 1 aliphatic heterocycles. The molecule has 1 atom stereocenters. The van der Waals surface area contributed by atoms with Crippen molar-refractivity contribution in [3.63, 3.8) is 0 Å². The molecule has 15 heavy (non-hydrogen) atoms. The quantitative estimate of drug-likeness (QED) is 0.722. The number of fused-ring (bicyclic) bond motifs is 1. The molecule has 0 saturated carbocycles. The van der Waals surface area contributed by atoms with E-state index in [1.54, 1.807) is 0 Å². The maximum atomic E-state index is 5.93. The maximum absolute atomic E-state index is 5.93. The van der Waals surface area contributed by atoms with Gasteiger partial charge in [0.15, 0.2) is 0 Å². The highest BCUT2D eigenvalue weighted by Crippen LogP contribution is 2.29. The third-order valence-corrected chi connectivity index (χ3v) is 2.63. The number of nitrogens with one attached hydrogen (secondary N) is 1. The van der Waals surface area contributed by atoms with E-state index in [1.165, 1.54) is 0 Å². The van der Waals surface area contributed by atoms with Crippen molar-refractivity contribution in [1.82, 2.24) is 5.32 Å². The Morgan fingerprint density at radius 3 is 3.00 bits per heavy atom. The molecular formula is C12H18N2O. The van der Waals surface area contributed by atoms with E-state index in [0.29, 0.717) is 12.1 Å². The smallest absolute Gasteiger partial charge is 0.124 e. The molecule has 3 heteroatoms. The number of benzene rings is 1. The second-order valence-corrected chi connectivity index (χ2v) is 4.36. The molecule has 0 radical (unpaired) electrons. The highest BCUT2D eigenvalue weighted by molar-refractivity contribution is 5.55. The molecule has 0 aromatic heterocycles. The van der Waals surface area contributed by atoms with Crippen molar-refractivity contribution in [2.24, 2.45) is 0 Å². The number of nitrogen functional groups attached to an aromatic ring is 1. The maximum Gasteiger partial charge on any atom is 0.124 e. The molecular weight excluding hydrogens is 188 g/mol. The summed E-state index contributed by atoms with van der Waals surface area (Å²) in [5, 5.41) is 3.47. The van der Waals surface area contributed by atoms with Crippen LogP contribution in [-0.2, 0) is 6.42 Å². The molecule has 1 heterocycles. The number of rotatable bonds is 2. The van der Waals surface area contributed by atoms with Crippen molar-refractivity contribution >= 4 is 5.69 Å². The van der Waals surface area contributed by atoms with Crippen LogP contribution < -0.4 is 15.8 Å². The lowest BCUT2D eigenvalue weighted by molar-refractivity contribution is 0.232. The first-order chi connectivity index (χ1) is 7.16. The summed E-state index contributed by atoms with van der Waals surface area (Å²) in [6.07, 6.45) is 0.959. The van der Waals surface area contributed by atoms with E-state index in [9.17, 15) is 0 Å². The van der Waals surface area contributed by atoms with Crippen LogP contribution in [0.4, 0.5) is 5.69 Å². The number of hydrogen-bond acceptors (Lipinski definition) is 3. The Labute approximate surface area is 90.6 Å². The van der Waals surface area contributed by atoms with Gasteiger partial charge in [-0.3, -0.25) is 0 Å². The Bertz CT molecular complexity index is 349. The van der Waals surface area contributed by atoms with Crippen LogP contribution in [0.15, 0.2) is 18.2 Å². The zero-order valence-electron chi connectivity index (χ0n) is 9.29. The minimum absolute atomic E-state index is 0.377. The number of hydrogen-bond donors (Lipinski definition) is 2. The first-order valence-corrected chi connectivity index (χ1v) is 5.43. The Morgan fingerprint density at radius 1 is 1.47 bits per heavy atom. The van der Waals surface area contributed by atoms with Crippen LogP contribution in [0.5, 0.6) is 5.75 Å². The minimum Gasteiger partial charge on any atom is -0.492 e. The van der Waals surface area contributed by atoms with Crippen LogP contribution in [0.1, 0.15) is 19.4 Å². The fourth-order valence-corrected chi connectivity index (χ4v) is 2.01. The Morgan fingerprint density at radius 2 is 2.27 bits per heavy atom. The van der Waals surface area contributed by atoms with Crippen LogP contribution in [0.2, 0.25) is 0 Å². The van der Waals surface area contributed by atoms with Crippen molar-refractivity contribution in [1.29, 1.82) is 0 Å². The van der Waals surface area contributed by atoms with E-state index in [2.05, 4.69) is 19.2 Å². The summed E-state index contributed by atoms with van der Waals surface area (Å²) in [4.78, 5) is 0. The van der Waals surface area contributed by atoms with Gasteiger partial charge in [0.25, 0.3) is 0 Å². The number of ether oxygens (including phenoxy) is 1. The number of nitrogens with two attached hydrogens (primary N) is 1. The van der Waals surface area contributed by atoms with Gasteiger partial charge in [-0.2, -0.15) is 0 Å². The van der Waals surface area contributed by atoms with Gasteiger partial charge in [0.05, 0.1) is 0 Å². The van der Waals surface area contributed by atoms with Crippen molar-refractivity contribution in [2.45, 2.75) is 32.4 Å². The van der Waals surface area contributed by atoms with Crippen LogP contribution in [-0.4, -0.2) is 18.7 Å². The SMILES string of the molecule is CC(C)NC1COc2cccc(N)c2C1. The van der Waals surface area contributed by atoms with Gasteiger partial charge in [-0.1, -0.05) is 19.9 Å². The summed E-state index contributed by atoms with van der Waals surface area (Å²) in [5.41, 5.74) is 7.90. The molecule has 1 aliphatic rings. The monoisotopic (exact) mass is 206 g/mol. The van der Waals surface area contributed by atoms with Crippen LogP contribution in [0.3, 0.4) is 0 Å². The molecule has 1 unspecified atom stereocenters.